The van der Waals surface area contributed by atoms with Gasteiger partial charge in [0.1, 0.15) is 0 Å². The zero-order chi connectivity index (χ0) is 14.4. The molecule has 0 aliphatic carbocycles. The molecule has 0 fully saturated rings. The molecule has 0 heterocycles. The van der Waals surface area contributed by atoms with Gasteiger partial charge in [0, 0.05) is 28.4 Å². The summed E-state index contributed by atoms with van der Waals surface area (Å²) in [7, 11) is -1.48. The number of hydrogen-bond acceptors (Lipinski definition) is 5. The highest BCUT2D eigenvalue weighted by molar-refractivity contribution is 7.37. The van der Waals surface area contributed by atoms with Crippen LogP contribution in [0.4, 0.5) is 0 Å². The first-order valence-corrected chi connectivity index (χ1v) is 13.1. The fourth-order valence-electron chi connectivity index (χ4n) is 1.79. The molecule has 0 amide bonds. The minimum Gasteiger partial charge on any atom is -0.409 e. The monoisotopic (exact) mass is 308 g/mol. The van der Waals surface area contributed by atoms with Gasteiger partial charge in [-0.25, -0.2) is 0 Å². The van der Waals surface area contributed by atoms with Crippen molar-refractivity contribution in [3.05, 3.63) is 24.6 Å². The van der Waals surface area contributed by atoms with Gasteiger partial charge in [-0.15, -0.1) is 6.58 Å². The topological polar surface area (TPSA) is 46.2 Å². The summed E-state index contributed by atoms with van der Waals surface area (Å²) < 4.78 is 28.1. The lowest BCUT2D eigenvalue weighted by molar-refractivity contribution is 0.171. The van der Waals surface area contributed by atoms with Crippen molar-refractivity contribution in [3.63, 3.8) is 0 Å². The highest BCUT2D eigenvalue weighted by Gasteiger charge is 2.57. The van der Waals surface area contributed by atoms with E-state index in [0.717, 1.165) is 0 Å². The van der Waals surface area contributed by atoms with Gasteiger partial charge in [0.15, 0.2) is 0 Å². The third-order valence-electron chi connectivity index (χ3n) is 2.93. The van der Waals surface area contributed by atoms with Crippen molar-refractivity contribution in [2.45, 2.75) is 13.1 Å². The maximum Gasteiger partial charge on any atom is 0.518 e. The van der Waals surface area contributed by atoms with E-state index in [-0.39, 0.29) is 0 Å². The van der Waals surface area contributed by atoms with Gasteiger partial charge in [0.05, 0.1) is 0 Å². The Bertz CT molecular complexity index is 287. The van der Waals surface area contributed by atoms with Gasteiger partial charge in [0.25, 0.3) is 0 Å². The van der Waals surface area contributed by atoms with Crippen LogP contribution in [0.25, 0.3) is 0 Å². The normalized spacial score (nSPS) is 13.4. The molecule has 5 nitrogen and oxygen atoms in total. The highest BCUT2D eigenvalue weighted by Crippen LogP contribution is 2.27. The van der Waals surface area contributed by atoms with E-state index in [2.05, 4.69) is 13.2 Å². The minimum atomic E-state index is -2.86. The number of rotatable bonds is 9. The third-order valence-corrected chi connectivity index (χ3v) is 19.0. The van der Waals surface area contributed by atoms with Crippen molar-refractivity contribution in [2.24, 2.45) is 0 Å². The Morgan fingerprint density at radius 2 is 1.22 bits per heavy atom. The molecule has 106 valence electrons. The molecule has 0 aromatic carbocycles. The van der Waals surface area contributed by atoms with Crippen molar-refractivity contribution in [3.8, 4) is 0 Å². The second-order valence-electron chi connectivity index (χ2n) is 4.11. The van der Waals surface area contributed by atoms with Crippen LogP contribution in [-0.2, 0) is 21.8 Å². The summed E-state index contributed by atoms with van der Waals surface area (Å²) in [6.45, 7) is 11.6. The summed E-state index contributed by atoms with van der Waals surface area (Å²) in [5.41, 5.74) is 3.35. The molecule has 18 heavy (non-hydrogen) atoms. The van der Waals surface area contributed by atoms with E-state index in [0.29, 0.717) is 0 Å². The zero-order valence-electron chi connectivity index (χ0n) is 12.1. The third kappa shape index (κ3) is 3.27. The molecule has 0 saturated carbocycles. The molecule has 0 N–H and O–H groups in total. The van der Waals surface area contributed by atoms with E-state index in [1.165, 1.54) is 0 Å². The van der Waals surface area contributed by atoms with Crippen molar-refractivity contribution in [1.29, 1.82) is 0 Å². The van der Waals surface area contributed by atoms with Crippen molar-refractivity contribution in [2.75, 3.05) is 28.4 Å². The Labute approximate surface area is 113 Å². The van der Waals surface area contributed by atoms with Crippen molar-refractivity contribution in [1.82, 2.24) is 0 Å². The van der Waals surface area contributed by atoms with Crippen LogP contribution in [-0.4, -0.2) is 53.2 Å². The van der Waals surface area contributed by atoms with Crippen LogP contribution < -0.4 is 0 Å². The maximum atomic E-state index is 6.17. The SMILES string of the molecule is C=C[Si](OC)(OC)O[Si](C)(C)[Si](C=C)(OC)OC. The first-order valence-electron chi connectivity index (χ1n) is 5.50. The van der Waals surface area contributed by atoms with Gasteiger partial charge in [-0.05, 0) is 18.8 Å². The molecule has 8 heteroatoms. The van der Waals surface area contributed by atoms with Gasteiger partial charge in [0.2, 0.25) is 7.83 Å². The first-order chi connectivity index (χ1) is 8.32. The Balaban J connectivity index is 5.36. The van der Waals surface area contributed by atoms with E-state index in [1.807, 2.05) is 13.1 Å². The Kier molecular flexibility index (Phi) is 6.89. The fraction of sp³-hybridized carbons (Fsp3) is 0.600. The summed E-state index contributed by atoms with van der Waals surface area (Å²) in [5.74, 6) is 0. The highest BCUT2D eigenvalue weighted by atomic mass is 29.3. The second kappa shape index (κ2) is 6.91. The van der Waals surface area contributed by atoms with E-state index in [1.54, 1.807) is 39.8 Å². The molecule has 0 atom stereocenters. The van der Waals surface area contributed by atoms with Crippen LogP contribution in [0.3, 0.4) is 0 Å². The van der Waals surface area contributed by atoms with Gasteiger partial charge in [-0.2, -0.15) is 0 Å². The molecule has 0 aliphatic heterocycles. The molecule has 0 aliphatic rings. The van der Waals surface area contributed by atoms with Crippen LogP contribution in [0.5, 0.6) is 0 Å². The maximum absolute atomic E-state index is 6.17. The second-order valence-corrected chi connectivity index (χ2v) is 18.6. The lowest BCUT2D eigenvalue weighted by Gasteiger charge is -2.40. The standard InChI is InChI=1S/C10H24O5Si3/c1-9-17(11-3,12-4)15-16(7,8)18(10-2,13-5)14-6/h9-10H,1-2H2,3-8H3. The lowest BCUT2D eigenvalue weighted by Crippen LogP contribution is -2.68. The predicted molar refractivity (Wildman–Crippen MR) is 78.5 cm³/mol. The molecule has 0 aromatic rings. The van der Waals surface area contributed by atoms with Crippen molar-refractivity contribution < 1.29 is 21.8 Å². The van der Waals surface area contributed by atoms with Crippen LogP contribution in [0.1, 0.15) is 0 Å². The predicted octanol–water partition coefficient (Wildman–Crippen LogP) is 1.70. The Hall–Kier alpha value is -0.0694. The van der Waals surface area contributed by atoms with Crippen LogP contribution >= 0.6 is 0 Å². The fourth-order valence-corrected chi connectivity index (χ4v) is 15.7. The summed E-state index contributed by atoms with van der Waals surface area (Å²) in [4.78, 5) is 0. The van der Waals surface area contributed by atoms with Gasteiger partial charge in [-0.3, -0.25) is 0 Å². The molecular weight excluding hydrogens is 284 g/mol. The van der Waals surface area contributed by atoms with Crippen LogP contribution in [0.15, 0.2) is 24.6 Å². The molecule has 0 unspecified atom stereocenters. The minimum absolute atomic E-state index is 1.55. The quantitative estimate of drug-likeness (QED) is 0.607. The smallest absolute Gasteiger partial charge is 0.409 e. The summed E-state index contributed by atoms with van der Waals surface area (Å²) >= 11 is 0. The average Bonchev–Trinajstić information content (AvgIpc) is 2.38. The van der Waals surface area contributed by atoms with Crippen LogP contribution in [0, 0.1) is 0 Å². The van der Waals surface area contributed by atoms with E-state index in [9.17, 15) is 0 Å². The molecule has 0 spiro atoms. The van der Waals surface area contributed by atoms with E-state index < -0.39 is 24.7 Å². The molecule has 0 radical (unpaired) electrons. The van der Waals surface area contributed by atoms with E-state index >= 15 is 0 Å². The van der Waals surface area contributed by atoms with Crippen LogP contribution in [0.2, 0.25) is 13.1 Å². The molecular formula is C10H24O5Si3. The Morgan fingerprint density at radius 3 is 1.44 bits per heavy atom. The number of hydrogen-bond donors (Lipinski definition) is 0. The molecule has 0 bridgehead atoms. The van der Waals surface area contributed by atoms with Crippen molar-refractivity contribution >= 4 is 24.7 Å². The molecule has 0 rings (SSSR count). The average molecular weight is 309 g/mol. The zero-order valence-corrected chi connectivity index (χ0v) is 15.1. The first kappa shape index (κ1) is 17.9. The largest absolute Gasteiger partial charge is 0.518 e. The van der Waals surface area contributed by atoms with E-state index in [4.69, 9.17) is 21.8 Å². The summed E-state index contributed by atoms with van der Waals surface area (Å²) in [5, 5.41) is 0. The Morgan fingerprint density at radius 1 is 0.778 bits per heavy atom. The molecule has 0 aromatic heterocycles. The summed E-state index contributed by atoms with van der Waals surface area (Å²) in [6.07, 6.45) is 0. The lowest BCUT2D eigenvalue weighted by atomic mass is 11.3. The molecule has 0 saturated heterocycles. The van der Waals surface area contributed by atoms with Gasteiger partial charge < -0.3 is 21.8 Å². The van der Waals surface area contributed by atoms with Gasteiger partial charge >= 0.3 is 16.9 Å². The van der Waals surface area contributed by atoms with Gasteiger partial charge in [-0.1, -0.05) is 12.3 Å². The summed E-state index contributed by atoms with van der Waals surface area (Å²) in [6, 6.07) is 0.